The highest BCUT2D eigenvalue weighted by Crippen LogP contribution is 2.36. The minimum Gasteiger partial charge on any atom is -0.398 e. The lowest BCUT2D eigenvalue weighted by Gasteiger charge is -2.32. The van der Waals surface area contributed by atoms with Crippen molar-refractivity contribution in [1.82, 2.24) is 4.98 Å². The van der Waals surface area contributed by atoms with Gasteiger partial charge in [-0.25, -0.2) is 0 Å². The first-order valence-electron chi connectivity index (χ1n) is 6.52. The fourth-order valence-corrected chi connectivity index (χ4v) is 2.12. The highest BCUT2D eigenvalue weighted by molar-refractivity contribution is 6.61. The molecule has 0 unspecified atom stereocenters. The predicted octanol–water partition coefficient (Wildman–Crippen LogP) is 1.43. The standard InChI is InChI=1S/C14H20BNO3/c1-10-6-8-16-12(11(10)7-9-17)15-18-13(2,3)14(4,5)19-15/h6,8-9H,7H2,1-5H3. The SMILES string of the molecule is Cc1ccnc(B2OC(C)(C)C(C)(C)O2)c1CC=O. The van der Waals surface area contributed by atoms with E-state index in [1.165, 1.54) is 0 Å². The van der Waals surface area contributed by atoms with Gasteiger partial charge >= 0.3 is 7.12 Å². The number of hydrogen-bond acceptors (Lipinski definition) is 4. The molecule has 0 atom stereocenters. The summed E-state index contributed by atoms with van der Waals surface area (Å²) in [5.41, 5.74) is 1.84. The zero-order valence-corrected chi connectivity index (χ0v) is 12.2. The van der Waals surface area contributed by atoms with Gasteiger partial charge < -0.3 is 14.1 Å². The van der Waals surface area contributed by atoms with Gasteiger partial charge in [-0.3, -0.25) is 4.98 Å². The van der Waals surface area contributed by atoms with Crippen LogP contribution in [-0.4, -0.2) is 29.6 Å². The molecule has 2 heterocycles. The molecule has 5 heteroatoms. The van der Waals surface area contributed by atoms with Gasteiger partial charge in [-0.05, 0) is 51.8 Å². The van der Waals surface area contributed by atoms with Crippen molar-refractivity contribution in [3.05, 3.63) is 23.4 Å². The van der Waals surface area contributed by atoms with Gasteiger partial charge in [0.1, 0.15) is 6.29 Å². The molecule has 0 bridgehead atoms. The normalized spacial score (nSPS) is 20.6. The summed E-state index contributed by atoms with van der Waals surface area (Å²) in [5.74, 6) is 0. The number of nitrogens with zero attached hydrogens (tertiary/aromatic N) is 1. The maximum absolute atomic E-state index is 10.8. The fourth-order valence-electron chi connectivity index (χ4n) is 2.12. The first-order chi connectivity index (χ1) is 8.78. The monoisotopic (exact) mass is 261 g/mol. The quantitative estimate of drug-likeness (QED) is 0.610. The Balaban J connectivity index is 2.39. The number of aromatic nitrogens is 1. The van der Waals surface area contributed by atoms with E-state index in [1.54, 1.807) is 6.20 Å². The average Bonchev–Trinajstić information content (AvgIpc) is 2.51. The highest BCUT2D eigenvalue weighted by atomic mass is 16.7. The highest BCUT2D eigenvalue weighted by Gasteiger charge is 2.52. The molecule has 0 radical (unpaired) electrons. The topological polar surface area (TPSA) is 48.4 Å². The molecule has 1 aromatic heterocycles. The van der Waals surface area contributed by atoms with Crippen LogP contribution in [0.1, 0.15) is 38.8 Å². The van der Waals surface area contributed by atoms with Gasteiger partial charge in [-0.2, -0.15) is 0 Å². The molecule has 1 fully saturated rings. The molecule has 1 saturated heterocycles. The van der Waals surface area contributed by atoms with Crippen molar-refractivity contribution in [2.24, 2.45) is 0 Å². The molecular formula is C14H20BNO3. The number of hydrogen-bond donors (Lipinski definition) is 0. The van der Waals surface area contributed by atoms with Crippen molar-refractivity contribution in [1.29, 1.82) is 0 Å². The Kier molecular flexibility index (Phi) is 3.54. The van der Waals surface area contributed by atoms with Crippen LogP contribution in [0.5, 0.6) is 0 Å². The number of carbonyl (C=O) groups is 1. The van der Waals surface area contributed by atoms with E-state index in [9.17, 15) is 4.79 Å². The summed E-state index contributed by atoms with van der Waals surface area (Å²) in [6.45, 7) is 9.98. The number of rotatable bonds is 3. The third-order valence-electron chi connectivity index (χ3n) is 4.09. The Morgan fingerprint density at radius 3 is 2.37 bits per heavy atom. The summed E-state index contributed by atoms with van der Waals surface area (Å²) in [5, 5.41) is 0. The fraction of sp³-hybridized carbons (Fsp3) is 0.571. The Morgan fingerprint density at radius 2 is 1.84 bits per heavy atom. The molecule has 0 aliphatic carbocycles. The maximum atomic E-state index is 10.8. The molecule has 4 nitrogen and oxygen atoms in total. The van der Waals surface area contributed by atoms with Gasteiger partial charge in [0, 0.05) is 12.6 Å². The summed E-state index contributed by atoms with van der Waals surface area (Å²) < 4.78 is 12.0. The minimum atomic E-state index is -0.514. The number of carbonyl (C=O) groups excluding carboxylic acids is 1. The van der Waals surface area contributed by atoms with Crippen LogP contribution in [-0.2, 0) is 20.5 Å². The second-order valence-electron chi connectivity index (χ2n) is 5.95. The van der Waals surface area contributed by atoms with Crippen LogP contribution >= 0.6 is 0 Å². The zero-order chi connectivity index (χ0) is 14.3. The van der Waals surface area contributed by atoms with E-state index in [0.29, 0.717) is 12.0 Å². The van der Waals surface area contributed by atoms with E-state index in [2.05, 4.69) is 4.98 Å². The summed E-state index contributed by atoms with van der Waals surface area (Å²) in [6, 6.07) is 1.90. The lowest BCUT2D eigenvalue weighted by Crippen LogP contribution is -2.41. The van der Waals surface area contributed by atoms with Crippen molar-refractivity contribution in [3.8, 4) is 0 Å². The Morgan fingerprint density at radius 1 is 1.26 bits per heavy atom. The molecule has 0 amide bonds. The Bertz CT molecular complexity index is 483. The number of aryl methyl sites for hydroxylation is 1. The third kappa shape index (κ3) is 2.45. The van der Waals surface area contributed by atoms with Crippen molar-refractivity contribution in [2.75, 3.05) is 0 Å². The summed E-state index contributed by atoms with van der Waals surface area (Å²) in [7, 11) is -0.514. The van der Waals surface area contributed by atoms with Crippen LogP contribution in [0, 0.1) is 6.92 Å². The zero-order valence-electron chi connectivity index (χ0n) is 12.2. The first kappa shape index (κ1) is 14.2. The molecule has 0 spiro atoms. The smallest absolute Gasteiger partial charge is 0.398 e. The predicted molar refractivity (Wildman–Crippen MR) is 74.5 cm³/mol. The van der Waals surface area contributed by atoms with E-state index in [4.69, 9.17) is 9.31 Å². The van der Waals surface area contributed by atoms with Crippen LogP contribution in [0.25, 0.3) is 0 Å². The second kappa shape index (κ2) is 4.73. The first-order valence-corrected chi connectivity index (χ1v) is 6.52. The van der Waals surface area contributed by atoms with Crippen LogP contribution in [0.2, 0.25) is 0 Å². The molecule has 0 aromatic carbocycles. The number of aldehydes is 1. The molecule has 0 N–H and O–H groups in total. The molecule has 1 aromatic rings. The molecule has 19 heavy (non-hydrogen) atoms. The van der Waals surface area contributed by atoms with Gasteiger partial charge in [-0.1, -0.05) is 0 Å². The lowest BCUT2D eigenvalue weighted by molar-refractivity contribution is -0.107. The van der Waals surface area contributed by atoms with Crippen molar-refractivity contribution < 1.29 is 14.1 Å². The molecule has 1 aliphatic heterocycles. The molecule has 102 valence electrons. The second-order valence-corrected chi connectivity index (χ2v) is 5.95. The number of pyridine rings is 1. The molecule has 2 rings (SSSR count). The Labute approximate surface area is 114 Å². The van der Waals surface area contributed by atoms with Gasteiger partial charge in [0.25, 0.3) is 0 Å². The van der Waals surface area contributed by atoms with Gasteiger partial charge in [0.05, 0.1) is 16.8 Å². The van der Waals surface area contributed by atoms with E-state index < -0.39 is 18.3 Å². The van der Waals surface area contributed by atoms with Crippen LogP contribution in [0.3, 0.4) is 0 Å². The van der Waals surface area contributed by atoms with Crippen LogP contribution in [0.15, 0.2) is 12.3 Å². The molecule has 0 saturated carbocycles. The van der Waals surface area contributed by atoms with E-state index >= 15 is 0 Å². The van der Waals surface area contributed by atoms with Crippen molar-refractivity contribution >= 4 is 19.0 Å². The molecule has 1 aliphatic rings. The van der Waals surface area contributed by atoms with Crippen LogP contribution in [0.4, 0.5) is 0 Å². The maximum Gasteiger partial charge on any atom is 0.514 e. The summed E-state index contributed by atoms with van der Waals surface area (Å²) >= 11 is 0. The van der Waals surface area contributed by atoms with Crippen LogP contribution < -0.4 is 5.59 Å². The summed E-state index contributed by atoms with van der Waals surface area (Å²) in [4.78, 5) is 15.2. The molecular weight excluding hydrogens is 241 g/mol. The van der Waals surface area contributed by atoms with E-state index in [1.807, 2.05) is 40.7 Å². The van der Waals surface area contributed by atoms with E-state index in [0.717, 1.165) is 17.4 Å². The summed E-state index contributed by atoms with van der Waals surface area (Å²) in [6.07, 6.45) is 2.95. The van der Waals surface area contributed by atoms with Crippen molar-refractivity contribution in [2.45, 2.75) is 52.2 Å². The largest absolute Gasteiger partial charge is 0.514 e. The van der Waals surface area contributed by atoms with Gasteiger partial charge in [0.2, 0.25) is 0 Å². The average molecular weight is 261 g/mol. The third-order valence-corrected chi connectivity index (χ3v) is 4.09. The Hall–Kier alpha value is -1.20. The van der Waals surface area contributed by atoms with Gasteiger partial charge in [0.15, 0.2) is 0 Å². The van der Waals surface area contributed by atoms with E-state index in [-0.39, 0.29) is 0 Å². The van der Waals surface area contributed by atoms with Gasteiger partial charge in [-0.15, -0.1) is 0 Å². The lowest BCUT2D eigenvalue weighted by atomic mass is 9.79. The minimum absolute atomic E-state index is 0.332. The van der Waals surface area contributed by atoms with Crippen molar-refractivity contribution in [3.63, 3.8) is 0 Å².